The van der Waals surface area contributed by atoms with Gasteiger partial charge < -0.3 is 15.4 Å². The molecule has 1 rings (SSSR count). The number of amides is 2. The molecule has 0 saturated carbocycles. The highest BCUT2D eigenvalue weighted by Crippen LogP contribution is 2.15. The van der Waals surface area contributed by atoms with Gasteiger partial charge in [0, 0.05) is 19.7 Å². The molecule has 0 saturated heterocycles. The first-order valence-electron chi connectivity index (χ1n) is 5.08. The van der Waals surface area contributed by atoms with Crippen molar-refractivity contribution in [3.05, 3.63) is 29.8 Å². The summed E-state index contributed by atoms with van der Waals surface area (Å²) >= 11 is 0. The Kier molecular flexibility index (Phi) is 5.17. The van der Waals surface area contributed by atoms with Crippen LogP contribution in [0.2, 0.25) is 0 Å². The van der Waals surface area contributed by atoms with Crippen molar-refractivity contribution in [3.8, 4) is 5.75 Å². The molecule has 0 atom stereocenters. The van der Waals surface area contributed by atoms with Gasteiger partial charge in [-0.15, -0.1) is 0 Å². The van der Waals surface area contributed by atoms with E-state index in [1.54, 1.807) is 24.3 Å². The molecule has 0 spiro atoms. The number of para-hydroxylation sites is 1. The van der Waals surface area contributed by atoms with E-state index in [4.69, 9.17) is 4.74 Å². The van der Waals surface area contributed by atoms with E-state index in [0.717, 1.165) is 0 Å². The molecule has 0 heterocycles. The molecule has 1 aromatic carbocycles. The number of nitrogens with one attached hydrogen (secondary N) is 2. The lowest BCUT2D eigenvalue weighted by Crippen LogP contribution is -2.22. The number of carbonyl (C=O) groups is 2. The average Bonchev–Trinajstić information content (AvgIpc) is 2.40. The highest BCUT2D eigenvalue weighted by atomic mass is 16.7. The van der Waals surface area contributed by atoms with Gasteiger partial charge in [-0.2, -0.15) is 0 Å². The molecule has 0 fully saturated rings. The molecule has 2 N–H and O–H groups in total. The molecule has 18 heavy (non-hydrogen) atoms. The zero-order valence-electron chi connectivity index (χ0n) is 9.97. The minimum absolute atomic E-state index is 0.307. The van der Waals surface area contributed by atoms with Crippen molar-refractivity contribution in [1.82, 2.24) is 10.6 Å². The van der Waals surface area contributed by atoms with Crippen LogP contribution in [0.25, 0.3) is 0 Å². The van der Waals surface area contributed by atoms with Crippen LogP contribution in [0.15, 0.2) is 29.4 Å². The number of ether oxygens (including phenoxy) is 1. The Hall–Kier alpha value is -2.57. The van der Waals surface area contributed by atoms with Crippen molar-refractivity contribution in [2.24, 2.45) is 5.16 Å². The van der Waals surface area contributed by atoms with E-state index in [0.29, 0.717) is 11.3 Å². The summed E-state index contributed by atoms with van der Waals surface area (Å²) in [5, 5.41) is 8.02. The van der Waals surface area contributed by atoms with Crippen LogP contribution < -0.4 is 15.4 Å². The standard InChI is InChI=1S/C11H13N3O4/c1-12-10(15)17-9-6-4-3-5-8(9)7-14-18-11(16)13-2/h3-7H,1-2H3,(H,12,15)(H,13,16)/b14-7+. The molecule has 7 heteroatoms. The zero-order valence-corrected chi connectivity index (χ0v) is 9.97. The van der Waals surface area contributed by atoms with Crippen molar-refractivity contribution in [2.45, 2.75) is 0 Å². The van der Waals surface area contributed by atoms with Gasteiger partial charge in [0.2, 0.25) is 0 Å². The first-order valence-corrected chi connectivity index (χ1v) is 5.08. The molecule has 1 aromatic rings. The predicted molar refractivity (Wildman–Crippen MR) is 64.7 cm³/mol. The fourth-order valence-corrected chi connectivity index (χ4v) is 1.01. The van der Waals surface area contributed by atoms with Gasteiger partial charge in [0.25, 0.3) is 0 Å². The number of oxime groups is 1. The van der Waals surface area contributed by atoms with E-state index in [2.05, 4.69) is 20.6 Å². The molecule has 0 aromatic heterocycles. The SMILES string of the molecule is CNC(=O)O/N=C/c1ccccc1OC(=O)NC. The van der Waals surface area contributed by atoms with E-state index in [1.165, 1.54) is 20.3 Å². The molecule has 0 unspecified atom stereocenters. The van der Waals surface area contributed by atoms with Crippen molar-refractivity contribution < 1.29 is 19.2 Å². The van der Waals surface area contributed by atoms with Crippen LogP contribution in [0, 0.1) is 0 Å². The Labute approximate surface area is 104 Å². The Balaban J connectivity index is 2.75. The number of benzene rings is 1. The summed E-state index contributed by atoms with van der Waals surface area (Å²) in [6, 6.07) is 6.69. The average molecular weight is 251 g/mol. The molecule has 0 aliphatic heterocycles. The van der Waals surface area contributed by atoms with Gasteiger partial charge in [0.1, 0.15) is 5.75 Å². The molecule has 7 nitrogen and oxygen atoms in total. The van der Waals surface area contributed by atoms with Gasteiger partial charge in [0.05, 0.1) is 6.21 Å². The van der Waals surface area contributed by atoms with Crippen LogP contribution in [0.5, 0.6) is 5.75 Å². The first kappa shape index (κ1) is 13.5. The summed E-state index contributed by atoms with van der Waals surface area (Å²) in [4.78, 5) is 26.3. The molecule has 0 radical (unpaired) electrons. The third-order valence-corrected chi connectivity index (χ3v) is 1.86. The highest BCUT2D eigenvalue weighted by Gasteiger charge is 2.05. The van der Waals surface area contributed by atoms with E-state index in [9.17, 15) is 9.59 Å². The number of rotatable bonds is 3. The van der Waals surface area contributed by atoms with Crippen molar-refractivity contribution in [3.63, 3.8) is 0 Å². The van der Waals surface area contributed by atoms with Gasteiger partial charge in [-0.05, 0) is 12.1 Å². The van der Waals surface area contributed by atoms with Gasteiger partial charge in [-0.1, -0.05) is 17.3 Å². The third kappa shape index (κ3) is 4.12. The van der Waals surface area contributed by atoms with Gasteiger partial charge >= 0.3 is 12.2 Å². The fourth-order valence-electron chi connectivity index (χ4n) is 1.01. The van der Waals surface area contributed by atoms with Crippen LogP contribution in [-0.4, -0.2) is 32.5 Å². The van der Waals surface area contributed by atoms with Crippen LogP contribution in [0.4, 0.5) is 9.59 Å². The second-order valence-corrected chi connectivity index (χ2v) is 3.04. The fraction of sp³-hybridized carbons (Fsp3) is 0.182. The molecular weight excluding hydrogens is 238 g/mol. The maximum Gasteiger partial charge on any atom is 0.433 e. The summed E-state index contributed by atoms with van der Waals surface area (Å²) in [7, 11) is 2.87. The first-order chi connectivity index (χ1) is 8.67. The summed E-state index contributed by atoms with van der Waals surface area (Å²) < 4.78 is 4.98. The Morgan fingerprint density at radius 3 is 2.50 bits per heavy atom. The second-order valence-electron chi connectivity index (χ2n) is 3.04. The summed E-state index contributed by atoms with van der Waals surface area (Å²) in [6.07, 6.45) is -0.00734. The monoisotopic (exact) mass is 251 g/mol. The maximum atomic E-state index is 11.1. The maximum absolute atomic E-state index is 11.1. The molecule has 0 aliphatic rings. The molecule has 0 bridgehead atoms. The molecule has 2 amide bonds. The minimum atomic E-state index is -0.684. The topological polar surface area (TPSA) is 89.0 Å². The Morgan fingerprint density at radius 2 is 1.83 bits per heavy atom. The smallest absolute Gasteiger partial charge is 0.410 e. The van der Waals surface area contributed by atoms with Crippen molar-refractivity contribution in [1.29, 1.82) is 0 Å². The molecule has 96 valence electrons. The number of hydrogen-bond donors (Lipinski definition) is 2. The quantitative estimate of drug-likeness (QED) is 0.478. The van der Waals surface area contributed by atoms with E-state index >= 15 is 0 Å². The largest absolute Gasteiger partial charge is 0.433 e. The number of hydrogen-bond acceptors (Lipinski definition) is 5. The van der Waals surface area contributed by atoms with Gasteiger partial charge in [-0.25, -0.2) is 9.59 Å². The van der Waals surface area contributed by atoms with Crippen molar-refractivity contribution >= 4 is 18.4 Å². The summed E-state index contributed by atoms with van der Waals surface area (Å²) in [5.74, 6) is 0.307. The summed E-state index contributed by atoms with van der Waals surface area (Å²) in [6.45, 7) is 0. The van der Waals surface area contributed by atoms with Crippen LogP contribution in [0.1, 0.15) is 5.56 Å². The number of nitrogens with zero attached hydrogens (tertiary/aromatic N) is 1. The Bertz CT molecular complexity index is 459. The van der Waals surface area contributed by atoms with Crippen LogP contribution in [0.3, 0.4) is 0 Å². The van der Waals surface area contributed by atoms with Crippen molar-refractivity contribution in [2.75, 3.05) is 14.1 Å². The van der Waals surface area contributed by atoms with Crippen LogP contribution in [-0.2, 0) is 4.84 Å². The molecule has 0 aliphatic carbocycles. The third-order valence-electron chi connectivity index (χ3n) is 1.86. The lowest BCUT2D eigenvalue weighted by Gasteiger charge is -2.05. The predicted octanol–water partition coefficient (Wildman–Crippen LogP) is 1.09. The lowest BCUT2D eigenvalue weighted by molar-refractivity contribution is 0.153. The van der Waals surface area contributed by atoms with E-state index < -0.39 is 12.2 Å². The van der Waals surface area contributed by atoms with Gasteiger partial charge in [-0.3, -0.25) is 4.84 Å². The zero-order chi connectivity index (χ0) is 13.4. The normalized spacial score (nSPS) is 9.89. The number of carbonyl (C=O) groups excluding carboxylic acids is 2. The summed E-state index contributed by atoms with van der Waals surface area (Å²) in [5.41, 5.74) is 0.505. The lowest BCUT2D eigenvalue weighted by atomic mass is 10.2. The highest BCUT2D eigenvalue weighted by molar-refractivity contribution is 5.85. The van der Waals surface area contributed by atoms with E-state index in [1.807, 2.05) is 0 Å². The minimum Gasteiger partial charge on any atom is -0.410 e. The van der Waals surface area contributed by atoms with E-state index in [-0.39, 0.29) is 0 Å². The Morgan fingerprint density at radius 1 is 1.17 bits per heavy atom. The second kappa shape index (κ2) is 6.89. The van der Waals surface area contributed by atoms with Gasteiger partial charge in [0.15, 0.2) is 0 Å². The molecular formula is C11H13N3O4. The van der Waals surface area contributed by atoms with Crippen LogP contribution >= 0.6 is 0 Å².